The molecule has 0 saturated heterocycles. The van der Waals surface area contributed by atoms with Crippen LogP contribution in [0, 0.1) is 0 Å². The average Bonchev–Trinajstić information content (AvgIpc) is 2.40. The van der Waals surface area contributed by atoms with Gasteiger partial charge >= 0.3 is 48.9 Å². The molecule has 0 N–H and O–H groups in total. The summed E-state index contributed by atoms with van der Waals surface area (Å²) in [6.07, 6.45) is 9.99. The first-order chi connectivity index (χ1) is 10.4. The van der Waals surface area contributed by atoms with E-state index in [2.05, 4.69) is 66.0 Å². The third-order valence-electron chi connectivity index (χ3n) is 3.84. The molecule has 0 amide bonds. The van der Waals surface area contributed by atoms with Gasteiger partial charge in [0.2, 0.25) is 0 Å². The molecule has 0 radical (unpaired) electrons. The molecule has 0 aliphatic carbocycles. The van der Waals surface area contributed by atoms with Crippen LogP contribution >= 0.6 is 0 Å². The molecule has 136 valence electrons. The van der Waals surface area contributed by atoms with Gasteiger partial charge in [-0.25, -0.2) is 0 Å². The molecule has 0 spiro atoms. The maximum Gasteiger partial charge on any atom is 2.00 e. The van der Waals surface area contributed by atoms with Crippen LogP contribution in [-0.4, -0.2) is 73.0 Å². The van der Waals surface area contributed by atoms with Gasteiger partial charge in [-0.15, -0.1) is 24.2 Å². The van der Waals surface area contributed by atoms with Crippen molar-refractivity contribution in [2.45, 2.75) is 131 Å². The van der Waals surface area contributed by atoms with Crippen LogP contribution in [0.5, 0.6) is 0 Å². The van der Waals surface area contributed by atoms with Crippen molar-refractivity contribution in [2.75, 3.05) is 0 Å². The van der Waals surface area contributed by atoms with E-state index < -0.39 is 0 Å². The van der Waals surface area contributed by atoms with E-state index in [-0.39, 0.29) is 48.9 Å². The first kappa shape index (κ1) is 29.3. The van der Waals surface area contributed by atoms with E-state index in [0.29, 0.717) is 24.2 Å². The predicted octanol–water partition coefficient (Wildman–Crippen LogP) is 7.09. The van der Waals surface area contributed by atoms with E-state index in [1.54, 1.807) is 0 Å². The third kappa shape index (κ3) is 23.5. The Kier molecular flexibility index (Phi) is 27.4. The summed E-state index contributed by atoms with van der Waals surface area (Å²) in [5, 5.41) is 9.31. The zero-order valence-electron chi connectivity index (χ0n) is 17.6. The number of rotatable bonds is 12. The number of hydrogen-bond acceptors (Lipinski definition) is 0. The van der Waals surface area contributed by atoms with E-state index in [4.69, 9.17) is 0 Å². The van der Waals surface area contributed by atoms with Crippen LogP contribution in [0.1, 0.15) is 107 Å². The molecule has 2 nitrogen and oxygen atoms in total. The minimum atomic E-state index is 0. The second-order valence-electron chi connectivity index (χ2n) is 6.85. The fraction of sp³-hybridized carbons (Fsp3) is 1.00. The molecule has 0 rings (SSSR count). The summed E-state index contributed by atoms with van der Waals surface area (Å²) >= 11 is 0. The Bertz CT molecular complexity index is 170. The summed E-state index contributed by atoms with van der Waals surface area (Å²) in [5.41, 5.74) is 0. The fourth-order valence-electron chi connectivity index (χ4n) is 2.84. The molecule has 0 aromatic carbocycles. The summed E-state index contributed by atoms with van der Waals surface area (Å²) in [6.45, 7) is 17.7. The van der Waals surface area contributed by atoms with Crippen LogP contribution in [0.4, 0.5) is 0 Å². The summed E-state index contributed by atoms with van der Waals surface area (Å²) in [5.74, 6) is 0. The van der Waals surface area contributed by atoms with Crippen molar-refractivity contribution < 1.29 is 0 Å². The smallest absolute Gasteiger partial charge is 0.657 e. The monoisotopic (exact) mass is 450 g/mol. The molecule has 3 heteroatoms. The zero-order chi connectivity index (χ0) is 17.4. The summed E-state index contributed by atoms with van der Waals surface area (Å²) in [4.78, 5) is 0. The van der Waals surface area contributed by atoms with Gasteiger partial charge in [0, 0.05) is 0 Å². The average molecular weight is 450 g/mol. The van der Waals surface area contributed by atoms with E-state index >= 15 is 0 Å². The largest absolute Gasteiger partial charge is 2.00 e. The van der Waals surface area contributed by atoms with Crippen LogP contribution in [0.25, 0.3) is 10.6 Å². The van der Waals surface area contributed by atoms with Crippen LogP contribution < -0.4 is 0 Å². The molecular formula is C20H44BaN2. The molecule has 0 bridgehead atoms. The van der Waals surface area contributed by atoms with Gasteiger partial charge in [0.05, 0.1) is 0 Å². The SMILES string of the molecule is CCCC(C)[N-]C(C)CCC.CCCC(C)[N-]C(C)CCC.[Ba+2]. The second kappa shape index (κ2) is 21.5. The molecule has 4 unspecified atom stereocenters. The standard InChI is InChI=1S/2C10H22N.Ba/c2*1-5-7-9(3)11-10(4)8-6-2;/h2*9-10H,5-8H2,1-4H3;/q2*-1;+2. The van der Waals surface area contributed by atoms with E-state index in [1.165, 1.54) is 51.4 Å². The van der Waals surface area contributed by atoms with Crippen molar-refractivity contribution >= 4 is 48.9 Å². The van der Waals surface area contributed by atoms with Gasteiger partial charge in [0.15, 0.2) is 0 Å². The molecule has 0 aromatic rings. The molecule has 23 heavy (non-hydrogen) atoms. The predicted molar refractivity (Wildman–Crippen MR) is 110 cm³/mol. The Labute approximate surface area is 188 Å². The molecule has 0 heterocycles. The van der Waals surface area contributed by atoms with E-state index in [1.807, 2.05) is 0 Å². The zero-order valence-corrected chi connectivity index (χ0v) is 22.0. The van der Waals surface area contributed by atoms with Crippen molar-refractivity contribution in [1.29, 1.82) is 0 Å². The first-order valence-corrected chi connectivity index (χ1v) is 9.80. The minimum Gasteiger partial charge on any atom is -0.657 e. The molecular weight excluding hydrogens is 406 g/mol. The van der Waals surface area contributed by atoms with Gasteiger partial charge in [0.1, 0.15) is 0 Å². The molecule has 0 fully saturated rings. The van der Waals surface area contributed by atoms with Gasteiger partial charge in [0.25, 0.3) is 0 Å². The number of hydrogen-bond donors (Lipinski definition) is 0. The van der Waals surface area contributed by atoms with Crippen LogP contribution in [0.3, 0.4) is 0 Å². The van der Waals surface area contributed by atoms with E-state index in [0.717, 1.165) is 0 Å². The van der Waals surface area contributed by atoms with Crippen LogP contribution in [0.15, 0.2) is 0 Å². The van der Waals surface area contributed by atoms with Crippen molar-refractivity contribution in [2.24, 2.45) is 0 Å². The van der Waals surface area contributed by atoms with Gasteiger partial charge in [-0.3, -0.25) is 0 Å². The Morgan fingerprint density at radius 2 is 0.652 bits per heavy atom. The topological polar surface area (TPSA) is 28.2 Å². The molecule has 0 aliphatic heterocycles. The van der Waals surface area contributed by atoms with Crippen molar-refractivity contribution in [3.05, 3.63) is 10.6 Å². The maximum atomic E-state index is 4.66. The fourth-order valence-corrected chi connectivity index (χ4v) is 2.84. The molecule has 0 aromatic heterocycles. The number of nitrogens with zero attached hydrogens (tertiary/aromatic N) is 2. The quantitative estimate of drug-likeness (QED) is 0.284. The first-order valence-electron chi connectivity index (χ1n) is 9.80. The van der Waals surface area contributed by atoms with Gasteiger partial charge in [-0.1, -0.05) is 107 Å². The Morgan fingerprint density at radius 3 is 0.783 bits per heavy atom. The van der Waals surface area contributed by atoms with Crippen molar-refractivity contribution in [3.63, 3.8) is 0 Å². The normalized spacial score (nSPS) is 15.7. The minimum absolute atomic E-state index is 0. The summed E-state index contributed by atoms with van der Waals surface area (Å²) in [7, 11) is 0. The summed E-state index contributed by atoms with van der Waals surface area (Å²) < 4.78 is 0. The summed E-state index contributed by atoms with van der Waals surface area (Å²) in [6, 6.07) is 2.28. The van der Waals surface area contributed by atoms with Gasteiger partial charge < -0.3 is 10.6 Å². The molecule has 0 aliphatic rings. The second-order valence-corrected chi connectivity index (χ2v) is 6.85. The van der Waals surface area contributed by atoms with Crippen molar-refractivity contribution in [3.8, 4) is 0 Å². The Morgan fingerprint density at radius 1 is 0.478 bits per heavy atom. The van der Waals surface area contributed by atoms with Crippen molar-refractivity contribution in [1.82, 2.24) is 0 Å². The third-order valence-corrected chi connectivity index (χ3v) is 3.84. The molecule has 0 saturated carbocycles. The van der Waals surface area contributed by atoms with E-state index in [9.17, 15) is 0 Å². The van der Waals surface area contributed by atoms with Crippen LogP contribution in [-0.2, 0) is 0 Å². The Hall–Kier alpha value is 1.49. The molecule has 4 atom stereocenters. The Balaban J connectivity index is -0.000000333. The van der Waals surface area contributed by atoms with Crippen LogP contribution in [0.2, 0.25) is 0 Å². The maximum absolute atomic E-state index is 4.66. The van der Waals surface area contributed by atoms with Gasteiger partial charge in [-0.2, -0.15) is 0 Å². The van der Waals surface area contributed by atoms with Gasteiger partial charge in [-0.05, 0) is 0 Å².